The molecule has 0 radical (unpaired) electrons. The number of aliphatic hydroxyl groups is 1. The zero-order valence-corrected chi connectivity index (χ0v) is 15.6. The third kappa shape index (κ3) is 4.37. The highest BCUT2D eigenvalue weighted by molar-refractivity contribution is 5.54. The Balaban J connectivity index is 1.71. The Labute approximate surface area is 149 Å². The van der Waals surface area contributed by atoms with E-state index in [4.69, 9.17) is 4.52 Å². The van der Waals surface area contributed by atoms with E-state index in [2.05, 4.69) is 33.9 Å². The van der Waals surface area contributed by atoms with Gasteiger partial charge in [0, 0.05) is 31.6 Å². The van der Waals surface area contributed by atoms with E-state index in [1.807, 2.05) is 26.0 Å². The summed E-state index contributed by atoms with van der Waals surface area (Å²) in [5.74, 6) is 2.94. The van der Waals surface area contributed by atoms with Crippen molar-refractivity contribution in [1.29, 1.82) is 0 Å². The van der Waals surface area contributed by atoms with Gasteiger partial charge in [-0.25, -0.2) is 4.98 Å². The van der Waals surface area contributed by atoms with E-state index in [9.17, 15) is 5.11 Å². The van der Waals surface area contributed by atoms with Crippen LogP contribution in [0.25, 0.3) is 11.5 Å². The van der Waals surface area contributed by atoms with Gasteiger partial charge in [-0.15, -0.1) is 0 Å². The SMILES string of the molecule is CC(C)Cc1noc(-c2ccc(N3CCC[C@@H](C(C)(C)O)C3)nc2)n1. The second-order valence-corrected chi connectivity index (χ2v) is 7.96. The van der Waals surface area contributed by atoms with Gasteiger partial charge in [-0.2, -0.15) is 4.98 Å². The summed E-state index contributed by atoms with van der Waals surface area (Å²) in [5.41, 5.74) is 0.178. The predicted octanol–water partition coefficient (Wildman–Crippen LogP) is 3.32. The van der Waals surface area contributed by atoms with Crippen molar-refractivity contribution in [3.8, 4) is 11.5 Å². The number of rotatable bonds is 5. The summed E-state index contributed by atoms with van der Waals surface area (Å²) in [4.78, 5) is 11.3. The van der Waals surface area contributed by atoms with Gasteiger partial charge >= 0.3 is 0 Å². The second-order valence-electron chi connectivity index (χ2n) is 7.96. The number of hydrogen-bond acceptors (Lipinski definition) is 6. The van der Waals surface area contributed by atoms with Crippen LogP contribution in [0.4, 0.5) is 5.82 Å². The van der Waals surface area contributed by atoms with Crippen molar-refractivity contribution in [3.63, 3.8) is 0 Å². The maximum absolute atomic E-state index is 10.3. The molecule has 25 heavy (non-hydrogen) atoms. The molecule has 0 aromatic carbocycles. The van der Waals surface area contributed by atoms with E-state index in [-0.39, 0.29) is 5.92 Å². The molecular formula is C19H28N4O2. The first-order chi connectivity index (χ1) is 11.8. The fraction of sp³-hybridized carbons (Fsp3) is 0.632. The third-order valence-corrected chi connectivity index (χ3v) is 4.80. The topological polar surface area (TPSA) is 75.3 Å². The van der Waals surface area contributed by atoms with Crippen LogP contribution in [-0.2, 0) is 6.42 Å². The zero-order chi connectivity index (χ0) is 18.0. The van der Waals surface area contributed by atoms with Gasteiger partial charge in [-0.3, -0.25) is 0 Å². The minimum atomic E-state index is -0.658. The molecule has 0 amide bonds. The van der Waals surface area contributed by atoms with E-state index in [0.717, 1.165) is 49.6 Å². The van der Waals surface area contributed by atoms with Gasteiger partial charge in [0.05, 0.1) is 11.2 Å². The van der Waals surface area contributed by atoms with Crippen molar-refractivity contribution >= 4 is 5.82 Å². The van der Waals surface area contributed by atoms with Crippen molar-refractivity contribution in [1.82, 2.24) is 15.1 Å². The number of hydrogen-bond donors (Lipinski definition) is 1. The van der Waals surface area contributed by atoms with Crippen LogP contribution >= 0.6 is 0 Å². The number of piperidine rings is 1. The second kappa shape index (κ2) is 7.12. The zero-order valence-electron chi connectivity index (χ0n) is 15.6. The van der Waals surface area contributed by atoms with E-state index in [1.54, 1.807) is 6.20 Å². The first kappa shape index (κ1) is 17.9. The Morgan fingerprint density at radius 2 is 2.16 bits per heavy atom. The highest BCUT2D eigenvalue weighted by Gasteiger charge is 2.31. The highest BCUT2D eigenvalue weighted by atomic mass is 16.5. The van der Waals surface area contributed by atoms with Crippen LogP contribution in [0, 0.1) is 11.8 Å². The quantitative estimate of drug-likeness (QED) is 0.897. The summed E-state index contributed by atoms with van der Waals surface area (Å²) >= 11 is 0. The largest absolute Gasteiger partial charge is 0.390 e. The molecule has 0 saturated carbocycles. The van der Waals surface area contributed by atoms with Crippen molar-refractivity contribution in [2.24, 2.45) is 11.8 Å². The maximum Gasteiger partial charge on any atom is 0.259 e. The highest BCUT2D eigenvalue weighted by Crippen LogP contribution is 2.29. The Kier molecular flexibility index (Phi) is 5.08. The molecule has 0 unspecified atom stereocenters. The fourth-order valence-electron chi connectivity index (χ4n) is 3.28. The summed E-state index contributed by atoms with van der Waals surface area (Å²) in [5, 5.41) is 14.3. The van der Waals surface area contributed by atoms with Gasteiger partial charge in [0.2, 0.25) is 0 Å². The first-order valence-corrected chi connectivity index (χ1v) is 9.09. The standard InChI is InChI=1S/C19H28N4O2/c1-13(2)10-16-21-18(25-22-16)14-7-8-17(20-11-14)23-9-5-6-15(12-23)19(3,4)24/h7-8,11,13,15,24H,5-6,9-10,12H2,1-4H3/t15-/m1/s1. The molecule has 1 N–H and O–H groups in total. The smallest absolute Gasteiger partial charge is 0.259 e. The van der Waals surface area contributed by atoms with Crippen molar-refractivity contribution in [2.75, 3.05) is 18.0 Å². The molecule has 0 bridgehead atoms. The van der Waals surface area contributed by atoms with Gasteiger partial charge < -0.3 is 14.5 Å². The molecule has 136 valence electrons. The number of pyridine rings is 1. The van der Waals surface area contributed by atoms with Crippen molar-refractivity contribution in [3.05, 3.63) is 24.2 Å². The molecular weight excluding hydrogens is 316 g/mol. The summed E-state index contributed by atoms with van der Waals surface area (Å²) in [6.45, 7) is 9.84. The number of nitrogens with zero attached hydrogens (tertiary/aromatic N) is 4. The number of anilines is 1. The van der Waals surface area contributed by atoms with Gasteiger partial charge in [0.25, 0.3) is 5.89 Å². The molecule has 6 heteroatoms. The summed E-state index contributed by atoms with van der Waals surface area (Å²) < 4.78 is 5.35. The minimum Gasteiger partial charge on any atom is -0.390 e. The first-order valence-electron chi connectivity index (χ1n) is 9.09. The normalized spacial score (nSPS) is 18.8. The average molecular weight is 344 g/mol. The van der Waals surface area contributed by atoms with Gasteiger partial charge in [-0.05, 0) is 44.7 Å². The van der Waals surface area contributed by atoms with Gasteiger partial charge in [0.15, 0.2) is 5.82 Å². The molecule has 0 spiro atoms. The molecule has 2 aromatic rings. The molecule has 2 aromatic heterocycles. The minimum absolute atomic E-state index is 0.261. The van der Waals surface area contributed by atoms with Gasteiger partial charge in [-0.1, -0.05) is 19.0 Å². The molecule has 1 atom stereocenters. The third-order valence-electron chi connectivity index (χ3n) is 4.80. The summed E-state index contributed by atoms with van der Waals surface area (Å²) in [6.07, 6.45) is 4.72. The Bertz CT molecular complexity index is 688. The van der Waals surface area contributed by atoms with Gasteiger partial charge in [0.1, 0.15) is 5.82 Å². The lowest BCUT2D eigenvalue weighted by Gasteiger charge is -2.39. The fourth-order valence-corrected chi connectivity index (χ4v) is 3.28. The van der Waals surface area contributed by atoms with Crippen LogP contribution in [0.15, 0.2) is 22.9 Å². The van der Waals surface area contributed by atoms with E-state index >= 15 is 0 Å². The molecule has 1 fully saturated rings. The Morgan fingerprint density at radius 1 is 1.36 bits per heavy atom. The van der Waals surface area contributed by atoms with Crippen LogP contribution < -0.4 is 4.90 Å². The molecule has 1 aliphatic rings. The van der Waals surface area contributed by atoms with Crippen LogP contribution in [0.3, 0.4) is 0 Å². The Morgan fingerprint density at radius 3 is 2.80 bits per heavy atom. The van der Waals surface area contributed by atoms with E-state index < -0.39 is 5.60 Å². The van der Waals surface area contributed by atoms with Crippen molar-refractivity contribution in [2.45, 2.75) is 52.6 Å². The average Bonchev–Trinajstić information content (AvgIpc) is 3.02. The molecule has 1 aliphatic heterocycles. The maximum atomic E-state index is 10.3. The molecule has 0 aliphatic carbocycles. The van der Waals surface area contributed by atoms with Crippen LogP contribution in [0.2, 0.25) is 0 Å². The molecule has 3 heterocycles. The lowest BCUT2D eigenvalue weighted by atomic mass is 9.84. The monoisotopic (exact) mass is 344 g/mol. The predicted molar refractivity (Wildman–Crippen MR) is 97.3 cm³/mol. The van der Waals surface area contributed by atoms with Crippen molar-refractivity contribution < 1.29 is 9.63 Å². The van der Waals surface area contributed by atoms with E-state index in [1.165, 1.54) is 0 Å². The van der Waals surface area contributed by atoms with E-state index in [0.29, 0.717) is 11.8 Å². The summed E-state index contributed by atoms with van der Waals surface area (Å²) in [6, 6.07) is 3.97. The molecule has 6 nitrogen and oxygen atoms in total. The number of aromatic nitrogens is 3. The lowest BCUT2D eigenvalue weighted by molar-refractivity contribution is 0.0109. The summed E-state index contributed by atoms with van der Waals surface area (Å²) in [7, 11) is 0. The van der Waals surface area contributed by atoms with Crippen LogP contribution in [-0.4, -0.2) is 38.9 Å². The molecule has 1 saturated heterocycles. The molecule has 3 rings (SSSR count). The Hall–Kier alpha value is -1.95. The van der Waals surface area contributed by atoms with Crippen LogP contribution in [0.5, 0.6) is 0 Å². The lowest BCUT2D eigenvalue weighted by Crippen LogP contribution is -2.45. The van der Waals surface area contributed by atoms with Crippen LogP contribution in [0.1, 0.15) is 46.4 Å².